The molecule has 2 heterocycles. The average molecular weight is 203 g/mol. The third-order valence-electron chi connectivity index (χ3n) is 2.14. The highest BCUT2D eigenvalue weighted by Crippen LogP contribution is 2.09. The van der Waals surface area contributed by atoms with Crippen LogP contribution in [0.4, 0.5) is 5.82 Å². The summed E-state index contributed by atoms with van der Waals surface area (Å²) in [6.07, 6.45) is 3.70. The fourth-order valence-electron chi connectivity index (χ4n) is 1.27. The lowest BCUT2D eigenvalue weighted by atomic mass is 10.2. The third-order valence-corrected chi connectivity index (χ3v) is 2.14. The summed E-state index contributed by atoms with van der Waals surface area (Å²) in [5.41, 5.74) is 0.830. The van der Waals surface area contributed by atoms with E-state index in [1.165, 1.54) is 0 Å². The summed E-state index contributed by atoms with van der Waals surface area (Å²) in [5.74, 6) is 0.549. The number of nitrogens with zero attached hydrogens (tertiary/aromatic N) is 2. The zero-order valence-electron chi connectivity index (χ0n) is 8.77. The number of carbonyl (C=O) groups is 1. The molecule has 0 spiro atoms. The molecule has 2 aromatic heterocycles. The van der Waals surface area contributed by atoms with Crippen molar-refractivity contribution in [1.82, 2.24) is 9.38 Å². The number of imidazole rings is 1. The van der Waals surface area contributed by atoms with Crippen LogP contribution in [0, 0.1) is 5.92 Å². The number of rotatable bonds is 2. The smallest absolute Gasteiger partial charge is 0.228 e. The molecule has 15 heavy (non-hydrogen) atoms. The first-order valence-electron chi connectivity index (χ1n) is 4.91. The van der Waals surface area contributed by atoms with Gasteiger partial charge in [-0.25, -0.2) is 4.98 Å². The molecular formula is C11H13N3O. The molecule has 0 atom stereocenters. The van der Waals surface area contributed by atoms with Crippen LogP contribution >= 0.6 is 0 Å². The molecule has 0 aliphatic carbocycles. The van der Waals surface area contributed by atoms with Gasteiger partial charge in [0.05, 0.1) is 6.20 Å². The van der Waals surface area contributed by atoms with E-state index in [0.29, 0.717) is 5.82 Å². The van der Waals surface area contributed by atoms with Crippen LogP contribution in [0.15, 0.2) is 30.6 Å². The molecule has 0 unspecified atom stereocenters. The Kier molecular flexibility index (Phi) is 2.41. The number of fused-ring (bicyclic) bond motifs is 1. The van der Waals surface area contributed by atoms with Crippen molar-refractivity contribution < 1.29 is 4.79 Å². The molecule has 1 amide bonds. The molecule has 78 valence electrons. The summed E-state index contributed by atoms with van der Waals surface area (Å²) in [6.45, 7) is 3.70. The van der Waals surface area contributed by atoms with Crippen LogP contribution in [0.25, 0.3) is 5.65 Å². The highest BCUT2D eigenvalue weighted by atomic mass is 16.1. The molecule has 0 aliphatic heterocycles. The Bertz CT molecular complexity index is 454. The number of carbonyl (C=O) groups excluding carboxylic acids is 1. The summed E-state index contributed by atoms with van der Waals surface area (Å²) in [4.78, 5) is 15.7. The molecule has 0 saturated carbocycles. The van der Waals surface area contributed by atoms with Crippen LogP contribution in [0.2, 0.25) is 0 Å². The van der Waals surface area contributed by atoms with E-state index < -0.39 is 0 Å². The standard InChI is InChI=1S/C11H13N3O/c1-8(2)11(15)13-9-7-14-6-4-3-5-10(14)12-9/h3-8H,1-2H3,(H,13,15). The Labute approximate surface area is 87.9 Å². The van der Waals surface area contributed by atoms with E-state index in [-0.39, 0.29) is 11.8 Å². The zero-order chi connectivity index (χ0) is 10.8. The first-order chi connectivity index (χ1) is 7.16. The molecule has 4 heteroatoms. The molecule has 0 saturated heterocycles. The minimum absolute atomic E-state index is 0.0154. The second kappa shape index (κ2) is 3.73. The monoisotopic (exact) mass is 203 g/mol. The molecule has 0 aliphatic rings. The molecule has 2 aromatic rings. The Morgan fingerprint density at radius 3 is 2.93 bits per heavy atom. The second-order valence-electron chi connectivity index (χ2n) is 3.74. The minimum atomic E-state index is -0.0326. The van der Waals surface area contributed by atoms with Crippen LogP contribution in [-0.4, -0.2) is 15.3 Å². The second-order valence-corrected chi connectivity index (χ2v) is 3.74. The molecule has 0 fully saturated rings. The lowest BCUT2D eigenvalue weighted by Gasteiger charge is -2.03. The first kappa shape index (κ1) is 9.71. The van der Waals surface area contributed by atoms with E-state index in [1.807, 2.05) is 42.6 Å². The molecule has 0 bridgehead atoms. The van der Waals surface area contributed by atoms with Gasteiger partial charge in [-0.15, -0.1) is 0 Å². The number of hydrogen-bond donors (Lipinski definition) is 1. The molecule has 4 nitrogen and oxygen atoms in total. The SMILES string of the molecule is CC(C)C(=O)Nc1cn2ccccc2n1. The maximum absolute atomic E-state index is 11.4. The summed E-state index contributed by atoms with van der Waals surface area (Å²) in [6, 6.07) is 5.73. The predicted octanol–water partition coefficient (Wildman–Crippen LogP) is 1.93. The highest BCUT2D eigenvalue weighted by molar-refractivity contribution is 5.91. The fourth-order valence-corrected chi connectivity index (χ4v) is 1.27. The topological polar surface area (TPSA) is 46.4 Å². The van der Waals surface area contributed by atoms with Gasteiger partial charge in [0.1, 0.15) is 5.65 Å². The summed E-state index contributed by atoms with van der Waals surface area (Å²) >= 11 is 0. The van der Waals surface area contributed by atoms with E-state index in [2.05, 4.69) is 10.3 Å². The third kappa shape index (κ3) is 1.98. The largest absolute Gasteiger partial charge is 0.309 e. The van der Waals surface area contributed by atoms with Gasteiger partial charge < -0.3 is 9.72 Å². The highest BCUT2D eigenvalue weighted by Gasteiger charge is 2.08. The van der Waals surface area contributed by atoms with Crippen molar-refractivity contribution in [3.8, 4) is 0 Å². The van der Waals surface area contributed by atoms with Gasteiger partial charge in [0.15, 0.2) is 5.82 Å². The van der Waals surface area contributed by atoms with E-state index in [0.717, 1.165) is 5.65 Å². The van der Waals surface area contributed by atoms with Gasteiger partial charge in [-0.3, -0.25) is 4.79 Å². The van der Waals surface area contributed by atoms with Crippen molar-refractivity contribution >= 4 is 17.4 Å². The first-order valence-corrected chi connectivity index (χ1v) is 4.91. The summed E-state index contributed by atoms with van der Waals surface area (Å²) in [7, 11) is 0. The Morgan fingerprint density at radius 2 is 2.27 bits per heavy atom. The van der Waals surface area contributed by atoms with Crippen molar-refractivity contribution in [1.29, 1.82) is 0 Å². The van der Waals surface area contributed by atoms with Crippen LogP contribution in [0.3, 0.4) is 0 Å². The van der Waals surface area contributed by atoms with Crippen molar-refractivity contribution in [2.75, 3.05) is 5.32 Å². The number of aromatic nitrogens is 2. The van der Waals surface area contributed by atoms with Crippen LogP contribution in [-0.2, 0) is 4.79 Å². The normalized spacial score (nSPS) is 10.9. The quantitative estimate of drug-likeness (QED) is 0.810. The Morgan fingerprint density at radius 1 is 1.47 bits per heavy atom. The lowest BCUT2D eigenvalue weighted by Crippen LogP contribution is -2.17. The van der Waals surface area contributed by atoms with Crippen LogP contribution < -0.4 is 5.32 Å². The van der Waals surface area contributed by atoms with Crippen molar-refractivity contribution in [2.24, 2.45) is 5.92 Å². The maximum Gasteiger partial charge on any atom is 0.228 e. The number of amides is 1. The summed E-state index contributed by atoms with van der Waals surface area (Å²) in [5, 5.41) is 2.76. The van der Waals surface area contributed by atoms with Gasteiger partial charge in [0, 0.05) is 12.1 Å². The fraction of sp³-hybridized carbons (Fsp3) is 0.273. The van der Waals surface area contributed by atoms with E-state index in [1.54, 1.807) is 6.20 Å². The van der Waals surface area contributed by atoms with E-state index in [9.17, 15) is 4.79 Å². The van der Waals surface area contributed by atoms with E-state index in [4.69, 9.17) is 0 Å². The Hall–Kier alpha value is -1.84. The minimum Gasteiger partial charge on any atom is -0.309 e. The van der Waals surface area contributed by atoms with Gasteiger partial charge in [-0.05, 0) is 12.1 Å². The Balaban J connectivity index is 2.26. The summed E-state index contributed by atoms with van der Waals surface area (Å²) < 4.78 is 1.87. The van der Waals surface area contributed by atoms with Gasteiger partial charge in [0.2, 0.25) is 5.91 Å². The number of pyridine rings is 1. The molecule has 0 radical (unpaired) electrons. The molecule has 2 rings (SSSR count). The maximum atomic E-state index is 11.4. The number of hydrogen-bond acceptors (Lipinski definition) is 2. The van der Waals surface area contributed by atoms with Crippen molar-refractivity contribution in [3.05, 3.63) is 30.6 Å². The van der Waals surface area contributed by atoms with Crippen molar-refractivity contribution in [2.45, 2.75) is 13.8 Å². The number of anilines is 1. The van der Waals surface area contributed by atoms with Crippen LogP contribution in [0.1, 0.15) is 13.8 Å². The lowest BCUT2D eigenvalue weighted by molar-refractivity contribution is -0.118. The van der Waals surface area contributed by atoms with Crippen LogP contribution in [0.5, 0.6) is 0 Å². The predicted molar refractivity (Wildman–Crippen MR) is 58.7 cm³/mol. The average Bonchev–Trinajstić information content (AvgIpc) is 2.59. The van der Waals surface area contributed by atoms with Gasteiger partial charge in [0.25, 0.3) is 0 Å². The molecular weight excluding hydrogens is 190 g/mol. The van der Waals surface area contributed by atoms with Gasteiger partial charge in [-0.1, -0.05) is 19.9 Å². The van der Waals surface area contributed by atoms with Crippen molar-refractivity contribution in [3.63, 3.8) is 0 Å². The van der Waals surface area contributed by atoms with Gasteiger partial charge >= 0.3 is 0 Å². The zero-order valence-corrected chi connectivity index (χ0v) is 8.77. The molecule has 1 N–H and O–H groups in total. The van der Waals surface area contributed by atoms with E-state index >= 15 is 0 Å². The number of nitrogens with one attached hydrogen (secondary N) is 1. The van der Waals surface area contributed by atoms with Gasteiger partial charge in [-0.2, -0.15) is 0 Å². The molecule has 0 aromatic carbocycles.